The first kappa shape index (κ1) is 13.9. The van der Waals surface area contributed by atoms with Crippen LogP contribution in [0.2, 0.25) is 0 Å². The monoisotopic (exact) mass is 340 g/mol. The standard InChI is InChI=1S/C6H5Br2F3O3/c1-3(12)2-4(13)14-6(10,11)5(7,8)9/h2H2,1H3. The van der Waals surface area contributed by atoms with E-state index in [0.717, 1.165) is 6.92 Å². The molecule has 0 atom stereocenters. The van der Waals surface area contributed by atoms with Gasteiger partial charge in [0, 0.05) is 0 Å². The molecule has 0 N–H and O–H groups in total. The first-order valence-electron chi connectivity index (χ1n) is 3.22. The first-order chi connectivity index (χ1) is 6.06. The van der Waals surface area contributed by atoms with Gasteiger partial charge >= 0.3 is 15.6 Å². The topological polar surface area (TPSA) is 43.4 Å². The van der Waals surface area contributed by atoms with Crippen LogP contribution in [-0.4, -0.2) is 21.3 Å². The molecular formula is C6H5Br2F3O3. The van der Waals surface area contributed by atoms with E-state index < -0.39 is 27.8 Å². The minimum atomic E-state index is -4.39. The van der Waals surface area contributed by atoms with Gasteiger partial charge in [-0.2, -0.15) is 8.78 Å². The van der Waals surface area contributed by atoms with Gasteiger partial charge in [-0.25, -0.2) is 4.39 Å². The number of carbonyl (C=O) groups excluding carboxylic acids is 2. The third-order valence-corrected chi connectivity index (χ3v) is 1.89. The first-order valence-corrected chi connectivity index (χ1v) is 4.80. The minimum Gasteiger partial charge on any atom is -0.397 e. The second-order valence-electron chi connectivity index (χ2n) is 2.37. The second kappa shape index (κ2) is 4.61. The van der Waals surface area contributed by atoms with E-state index in [1.165, 1.54) is 0 Å². The van der Waals surface area contributed by atoms with Gasteiger partial charge in [0.05, 0.1) is 0 Å². The third kappa shape index (κ3) is 4.41. The molecule has 0 aromatic rings. The van der Waals surface area contributed by atoms with Crippen molar-refractivity contribution in [2.45, 2.75) is 22.9 Å². The lowest BCUT2D eigenvalue weighted by atomic mass is 10.3. The van der Waals surface area contributed by atoms with Crippen molar-refractivity contribution in [3.8, 4) is 0 Å². The van der Waals surface area contributed by atoms with E-state index in [0.29, 0.717) is 0 Å². The molecule has 0 saturated carbocycles. The van der Waals surface area contributed by atoms with Gasteiger partial charge in [0.2, 0.25) is 0 Å². The minimum absolute atomic E-state index is 0.653. The number of carbonyl (C=O) groups is 2. The van der Waals surface area contributed by atoms with Crippen LogP contribution in [0.1, 0.15) is 13.3 Å². The van der Waals surface area contributed by atoms with Crippen LogP contribution >= 0.6 is 31.9 Å². The summed E-state index contributed by atoms with van der Waals surface area (Å²) in [5.74, 6) is -2.15. The largest absolute Gasteiger partial charge is 0.456 e. The van der Waals surface area contributed by atoms with Crippen molar-refractivity contribution >= 4 is 43.6 Å². The Morgan fingerprint density at radius 2 is 1.71 bits per heavy atom. The molecule has 0 aromatic carbocycles. The zero-order chi connectivity index (χ0) is 11.6. The molecule has 0 aromatic heterocycles. The summed E-state index contributed by atoms with van der Waals surface area (Å²) in [6, 6.07) is 0. The van der Waals surface area contributed by atoms with E-state index in [1.807, 2.05) is 31.9 Å². The molecule has 3 nitrogen and oxygen atoms in total. The highest BCUT2D eigenvalue weighted by Gasteiger charge is 2.55. The number of Topliss-reactive ketones (excluding diaryl/α,β-unsaturated/α-hetero) is 1. The van der Waals surface area contributed by atoms with Gasteiger partial charge in [0.15, 0.2) is 0 Å². The van der Waals surface area contributed by atoms with Crippen LogP contribution in [0.5, 0.6) is 0 Å². The Morgan fingerprint density at radius 3 is 2.00 bits per heavy atom. The Balaban J connectivity index is 4.37. The summed E-state index contributed by atoms with van der Waals surface area (Å²) in [6.45, 7) is 1.02. The highest BCUT2D eigenvalue weighted by molar-refractivity contribution is 9.25. The molecule has 0 spiro atoms. The molecule has 0 radical (unpaired) electrons. The maximum atomic E-state index is 12.6. The molecule has 0 aliphatic rings. The summed E-state index contributed by atoms with van der Waals surface area (Å²) in [6.07, 6.45) is -5.22. The van der Waals surface area contributed by atoms with Crippen molar-refractivity contribution in [3.63, 3.8) is 0 Å². The smallest absolute Gasteiger partial charge is 0.397 e. The Hall–Kier alpha value is -0.110. The van der Waals surface area contributed by atoms with Crippen LogP contribution in [0, 0.1) is 0 Å². The lowest BCUT2D eigenvalue weighted by Crippen LogP contribution is -2.38. The van der Waals surface area contributed by atoms with Gasteiger partial charge in [-0.15, -0.1) is 0 Å². The molecular weight excluding hydrogens is 337 g/mol. The molecule has 82 valence electrons. The fourth-order valence-electron chi connectivity index (χ4n) is 0.440. The predicted molar refractivity (Wildman–Crippen MR) is 48.0 cm³/mol. The summed E-state index contributed by atoms with van der Waals surface area (Å²) < 4.78 is 37.9. The highest BCUT2D eigenvalue weighted by Crippen LogP contribution is 2.44. The van der Waals surface area contributed by atoms with Gasteiger partial charge in [-0.05, 0) is 38.8 Å². The summed E-state index contributed by atoms with van der Waals surface area (Å²) in [4.78, 5) is 20.9. The lowest BCUT2D eigenvalue weighted by molar-refractivity contribution is -0.249. The number of hydrogen-bond acceptors (Lipinski definition) is 3. The number of hydrogen-bond donors (Lipinski definition) is 0. The number of rotatable bonds is 4. The van der Waals surface area contributed by atoms with Gasteiger partial charge in [-0.3, -0.25) is 9.59 Å². The summed E-state index contributed by atoms with van der Waals surface area (Å²) in [7, 11) is 0. The zero-order valence-corrected chi connectivity index (χ0v) is 9.99. The predicted octanol–water partition coefficient (Wildman–Crippen LogP) is 2.51. The zero-order valence-electron chi connectivity index (χ0n) is 6.82. The number of halogens is 5. The van der Waals surface area contributed by atoms with Crippen molar-refractivity contribution in [1.29, 1.82) is 0 Å². The number of ether oxygens (including phenoxy) is 1. The molecule has 14 heavy (non-hydrogen) atoms. The Bertz CT molecular complexity index is 249. The highest BCUT2D eigenvalue weighted by atomic mass is 79.9. The van der Waals surface area contributed by atoms with Gasteiger partial charge in [0.1, 0.15) is 12.2 Å². The van der Waals surface area contributed by atoms with Crippen molar-refractivity contribution in [2.24, 2.45) is 0 Å². The molecule has 0 unspecified atom stereocenters. The van der Waals surface area contributed by atoms with Crippen LogP contribution < -0.4 is 0 Å². The van der Waals surface area contributed by atoms with Gasteiger partial charge in [-0.1, -0.05) is 0 Å². The lowest BCUT2D eigenvalue weighted by Gasteiger charge is -2.22. The summed E-state index contributed by atoms with van der Waals surface area (Å²) >= 11 is 3.87. The average molecular weight is 342 g/mol. The molecule has 0 rings (SSSR count). The van der Waals surface area contributed by atoms with Crippen LogP contribution in [-0.2, 0) is 14.3 Å². The van der Waals surface area contributed by atoms with E-state index in [-0.39, 0.29) is 0 Å². The van der Waals surface area contributed by atoms with E-state index in [4.69, 9.17) is 0 Å². The molecule has 8 heteroatoms. The van der Waals surface area contributed by atoms with Crippen molar-refractivity contribution in [1.82, 2.24) is 0 Å². The Morgan fingerprint density at radius 1 is 1.29 bits per heavy atom. The van der Waals surface area contributed by atoms with Crippen LogP contribution in [0.4, 0.5) is 13.2 Å². The van der Waals surface area contributed by atoms with E-state index in [9.17, 15) is 22.8 Å². The molecule has 0 aliphatic carbocycles. The van der Waals surface area contributed by atoms with Crippen LogP contribution in [0.25, 0.3) is 0 Å². The maximum absolute atomic E-state index is 12.6. The summed E-state index contributed by atoms with van der Waals surface area (Å²) in [5, 5.41) is 0. The fourth-order valence-corrected chi connectivity index (χ4v) is 0.602. The Kier molecular flexibility index (Phi) is 4.57. The maximum Gasteiger partial charge on any atom is 0.456 e. The molecule has 0 amide bonds. The molecule has 0 bridgehead atoms. The van der Waals surface area contributed by atoms with Gasteiger partial charge < -0.3 is 4.74 Å². The number of ketones is 1. The molecule has 0 saturated heterocycles. The van der Waals surface area contributed by atoms with E-state index in [1.54, 1.807) is 0 Å². The third-order valence-electron chi connectivity index (χ3n) is 0.965. The van der Waals surface area contributed by atoms with E-state index in [2.05, 4.69) is 4.74 Å². The second-order valence-corrected chi connectivity index (χ2v) is 5.62. The van der Waals surface area contributed by atoms with Crippen LogP contribution in [0.3, 0.4) is 0 Å². The molecule has 0 aliphatic heterocycles. The molecule has 0 fully saturated rings. The molecule has 0 heterocycles. The number of alkyl halides is 5. The summed E-state index contributed by atoms with van der Waals surface area (Å²) in [5.41, 5.74) is 0. The van der Waals surface area contributed by atoms with Crippen molar-refractivity contribution < 1.29 is 27.5 Å². The number of esters is 1. The normalized spacial score (nSPS) is 12.4. The van der Waals surface area contributed by atoms with Crippen LogP contribution in [0.15, 0.2) is 0 Å². The average Bonchev–Trinajstić information content (AvgIpc) is 1.79. The van der Waals surface area contributed by atoms with Gasteiger partial charge in [0.25, 0.3) is 0 Å². The van der Waals surface area contributed by atoms with Crippen molar-refractivity contribution in [2.75, 3.05) is 0 Å². The quantitative estimate of drug-likeness (QED) is 0.448. The fraction of sp³-hybridized carbons (Fsp3) is 0.667. The Labute approximate surface area is 94.2 Å². The SMILES string of the molecule is CC(=O)CC(=O)OC(F)(F)C(F)(Br)Br. The van der Waals surface area contributed by atoms with E-state index >= 15 is 0 Å². The van der Waals surface area contributed by atoms with Crippen molar-refractivity contribution in [3.05, 3.63) is 0 Å².